The van der Waals surface area contributed by atoms with Gasteiger partial charge in [0.15, 0.2) is 0 Å². The third-order valence-corrected chi connectivity index (χ3v) is 5.48. The average molecular weight is 203 g/mol. The number of rotatable bonds is 2. The van der Waals surface area contributed by atoms with Gasteiger partial charge in [0.2, 0.25) is 0 Å². The molecule has 0 saturated heterocycles. The molecule has 0 saturated carbocycles. The third-order valence-electron chi connectivity index (χ3n) is 1.59. The van der Waals surface area contributed by atoms with Crippen LogP contribution in [0.5, 0.6) is 0 Å². The van der Waals surface area contributed by atoms with Crippen molar-refractivity contribution < 1.29 is 4.57 Å². The molecule has 0 aliphatic rings. The Kier molecular flexibility index (Phi) is 2.77. The van der Waals surface area contributed by atoms with Crippen LogP contribution in [0.3, 0.4) is 0 Å². The molecule has 12 heavy (non-hydrogen) atoms. The van der Waals surface area contributed by atoms with Gasteiger partial charge < -0.3 is 10.3 Å². The molecule has 0 aliphatic heterocycles. The molecule has 0 amide bonds. The van der Waals surface area contributed by atoms with E-state index in [1.165, 1.54) is 0 Å². The molecule has 0 unspecified atom stereocenters. The van der Waals surface area contributed by atoms with Crippen molar-refractivity contribution in [3.8, 4) is 0 Å². The van der Waals surface area contributed by atoms with Crippen molar-refractivity contribution in [3.63, 3.8) is 0 Å². The molecular formula is C8H14NOPS. The lowest BCUT2D eigenvalue weighted by Gasteiger charge is -2.02. The van der Waals surface area contributed by atoms with Gasteiger partial charge in [-0.3, -0.25) is 0 Å². The fraction of sp³-hybridized carbons (Fsp3) is 0.500. The Hall–Kier alpha value is -0.110. The van der Waals surface area contributed by atoms with Gasteiger partial charge in [-0.05, 0) is 32.4 Å². The summed E-state index contributed by atoms with van der Waals surface area (Å²) in [6.07, 6.45) is 0. The highest BCUT2D eigenvalue weighted by molar-refractivity contribution is 7.75. The average Bonchev–Trinajstić information content (AvgIpc) is 2.30. The first-order valence-electron chi connectivity index (χ1n) is 3.82. The van der Waals surface area contributed by atoms with Gasteiger partial charge in [0, 0.05) is 10.9 Å². The van der Waals surface area contributed by atoms with Crippen molar-refractivity contribution in [1.82, 2.24) is 0 Å². The monoisotopic (exact) mass is 203 g/mol. The zero-order valence-corrected chi connectivity index (χ0v) is 9.28. The van der Waals surface area contributed by atoms with E-state index in [1.807, 2.05) is 19.1 Å². The number of hydrogen-bond donors (Lipinski definition) is 1. The summed E-state index contributed by atoms with van der Waals surface area (Å²) in [6, 6.07) is 3.93. The van der Waals surface area contributed by atoms with Gasteiger partial charge in [-0.25, -0.2) is 0 Å². The molecule has 0 spiro atoms. The molecule has 1 atom stereocenters. The molecule has 0 bridgehead atoms. The van der Waals surface area contributed by atoms with E-state index in [2.05, 4.69) is 0 Å². The summed E-state index contributed by atoms with van der Waals surface area (Å²) in [4.78, 5) is 1.11. The van der Waals surface area contributed by atoms with Crippen molar-refractivity contribution in [3.05, 3.63) is 17.0 Å². The van der Waals surface area contributed by atoms with Crippen LogP contribution in [0.1, 0.15) is 17.8 Å². The summed E-state index contributed by atoms with van der Waals surface area (Å²) in [5.41, 5.74) is 5.69. The van der Waals surface area contributed by atoms with Gasteiger partial charge >= 0.3 is 0 Å². The van der Waals surface area contributed by atoms with E-state index >= 15 is 0 Å². The molecule has 1 rings (SSSR count). The van der Waals surface area contributed by atoms with E-state index in [4.69, 9.17) is 5.73 Å². The summed E-state index contributed by atoms with van der Waals surface area (Å²) < 4.78 is 12.6. The molecule has 2 nitrogen and oxygen atoms in total. The summed E-state index contributed by atoms with van der Waals surface area (Å²) in [5, 5.41) is 0. The van der Waals surface area contributed by atoms with Crippen LogP contribution in [-0.2, 0) is 4.57 Å². The zero-order valence-electron chi connectivity index (χ0n) is 7.57. The maximum absolute atomic E-state index is 11.6. The second-order valence-corrected chi connectivity index (χ2v) is 7.92. The van der Waals surface area contributed by atoms with Crippen LogP contribution in [0.2, 0.25) is 0 Å². The Morgan fingerprint density at radius 1 is 1.50 bits per heavy atom. The predicted molar refractivity (Wildman–Crippen MR) is 56.0 cm³/mol. The topological polar surface area (TPSA) is 43.1 Å². The molecule has 1 aromatic heterocycles. The summed E-state index contributed by atoms with van der Waals surface area (Å²) in [6.45, 7) is 5.50. The van der Waals surface area contributed by atoms with Crippen molar-refractivity contribution in [1.29, 1.82) is 0 Å². The van der Waals surface area contributed by atoms with Crippen molar-refractivity contribution in [2.75, 3.05) is 13.3 Å². The van der Waals surface area contributed by atoms with Gasteiger partial charge in [-0.1, -0.05) is 0 Å². The third kappa shape index (κ3) is 2.19. The SMILES string of the molecule is C[C@H](N)c1ccc(P(C)(C)=O)s1. The second-order valence-electron chi connectivity index (χ2n) is 3.32. The van der Waals surface area contributed by atoms with Crippen LogP contribution in [0, 0.1) is 0 Å². The molecule has 1 aromatic rings. The standard InChI is InChI=1S/C8H14NOPS/c1-6(9)7-4-5-8(12-7)11(2,3)10/h4-6H,9H2,1-3H3/t6-/m0/s1. The van der Waals surface area contributed by atoms with Crippen molar-refractivity contribution in [2.45, 2.75) is 13.0 Å². The minimum Gasteiger partial charge on any atom is -0.324 e. The molecule has 4 heteroatoms. The van der Waals surface area contributed by atoms with Gasteiger partial charge in [-0.15, -0.1) is 11.3 Å². The lowest BCUT2D eigenvalue weighted by molar-refractivity contribution is 0.588. The lowest BCUT2D eigenvalue weighted by atomic mass is 10.3. The number of hydrogen-bond acceptors (Lipinski definition) is 3. The molecule has 0 radical (unpaired) electrons. The molecular weight excluding hydrogens is 189 g/mol. The first-order valence-corrected chi connectivity index (χ1v) is 7.24. The maximum atomic E-state index is 11.6. The van der Waals surface area contributed by atoms with E-state index in [-0.39, 0.29) is 6.04 Å². The highest BCUT2D eigenvalue weighted by Crippen LogP contribution is 2.38. The first kappa shape index (κ1) is 9.97. The highest BCUT2D eigenvalue weighted by Gasteiger charge is 2.14. The predicted octanol–water partition coefficient (Wildman–Crippen LogP) is 2.02. The largest absolute Gasteiger partial charge is 0.324 e. The van der Waals surface area contributed by atoms with Crippen molar-refractivity contribution >= 4 is 23.1 Å². The molecule has 68 valence electrons. The van der Waals surface area contributed by atoms with Gasteiger partial charge in [-0.2, -0.15) is 0 Å². The minimum atomic E-state index is -2.07. The van der Waals surface area contributed by atoms with Crippen LogP contribution < -0.4 is 10.4 Å². The zero-order chi connectivity index (χ0) is 9.35. The summed E-state index contributed by atoms with van der Waals surface area (Å²) in [5.74, 6) is 0. The first-order chi connectivity index (χ1) is 5.41. The Morgan fingerprint density at radius 2 is 2.08 bits per heavy atom. The Morgan fingerprint density at radius 3 is 2.33 bits per heavy atom. The smallest absolute Gasteiger partial charge is 0.119 e. The Bertz CT molecular complexity index is 313. The van der Waals surface area contributed by atoms with E-state index in [1.54, 1.807) is 24.7 Å². The van der Waals surface area contributed by atoms with Crippen LogP contribution >= 0.6 is 18.5 Å². The number of nitrogens with two attached hydrogens (primary N) is 1. The maximum Gasteiger partial charge on any atom is 0.119 e. The highest BCUT2D eigenvalue weighted by atomic mass is 32.1. The van der Waals surface area contributed by atoms with E-state index in [9.17, 15) is 4.57 Å². The fourth-order valence-corrected chi connectivity index (χ4v) is 3.21. The normalized spacial score (nSPS) is 14.7. The minimum absolute atomic E-state index is 0.0512. The summed E-state index contributed by atoms with van der Waals surface area (Å²) in [7, 11) is -2.07. The van der Waals surface area contributed by atoms with Gasteiger partial charge in [0.05, 0.1) is 4.62 Å². The van der Waals surface area contributed by atoms with E-state index in [0.29, 0.717) is 0 Å². The Balaban J connectivity index is 3.00. The number of thiophene rings is 1. The molecule has 2 N–H and O–H groups in total. The molecule has 1 heterocycles. The lowest BCUT2D eigenvalue weighted by Crippen LogP contribution is -2.02. The quantitative estimate of drug-likeness (QED) is 0.747. The van der Waals surface area contributed by atoms with Crippen LogP contribution in [-0.4, -0.2) is 13.3 Å². The molecule has 0 aliphatic carbocycles. The van der Waals surface area contributed by atoms with Gasteiger partial charge in [0.25, 0.3) is 0 Å². The van der Waals surface area contributed by atoms with Crippen LogP contribution in [0.4, 0.5) is 0 Å². The molecule has 0 aromatic carbocycles. The summed E-state index contributed by atoms with van der Waals surface area (Å²) >= 11 is 1.56. The van der Waals surface area contributed by atoms with E-state index < -0.39 is 7.14 Å². The second kappa shape index (κ2) is 3.33. The Labute approximate surface area is 77.2 Å². The van der Waals surface area contributed by atoms with Crippen LogP contribution in [0.25, 0.3) is 0 Å². The van der Waals surface area contributed by atoms with Gasteiger partial charge in [0.1, 0.15) is 7.14 Å². The fourth-order valence-electron chi connectivity index (χ4n) is 0.876. The van der Waals surface area contributed by atoms with Crippen molar-refractivity contribution in [2.24, 2.45) is 5.73 Å². The van der Waals surface area contributed by atoms with Crippen LogP contribution in [0.15, 0.2) is 12.1 Å². The van der Waals surface area contributed by atoms with E-state index in [0.717, 1.165) is 9.50 Å². The molecule has 0 fully saturated rings.